The zero-order valence-electron chi connectivity index (χ0n) is 22.6. The summed E-state index contributed by atoms with van der Waals surface area (Å²) in [7, 11) is 1.66. The molecule has 1 amide bonds. The fourth-order valence-corrected chi connectivity index (χ4v) is 5.98. The van der Waals surface area contributed by atoms with E-state index in [1.54, 1.807) is 18.0 Å². The Kier molecular flexibility index (Phi) is 6.36. The lowest BCUT2D eigenvalue weighted by atomic mass is 9.87. The third-order valence-corrected chi connectivity index (χ3v) is 8.00. The Morgan fingerprint density at radius 2 is 2.05 bits per heavy atom. The first kappa shape index (κ1) is 24.9. The van der Waals surface area contributed by atoms with Crippen molar-refractivity contribution in [3.05, 3.63) is 47.9 Å². The highest BCUT2D eigenvalue weighted by Crippen LogP contribution is 2.39. The Morgan fingerprint density at radius 3 is 2.74 bits per heavy atom. The Morgan fingerprint density at radius 1 is 1.26 bits per heavy atom. The van der Waals surface area contributed by atoms with Crippen molar-refractivity contribution < 1.29 is 14.3 Å². The van der Waals surface area contributed by atoms with Crippen LogP contribution in [0, 0.1) is 0 Å². The number of carbonyl (C=O) groups is 1. The third kappa shape index (κ3) is 4.54. The Bertz CT molecular complexity index is 1480. The predicted molar refractivity (Wildman–Crippen MR) is 147 cm³/mol. The predicted octanol–water partition coefficient (Wildman–Crippen LogP) is 4.09. The number of benzene rings is 1. The van der Waals surface area contributed by atoms with E-state index in [4.69, 9.17) is 9.47 Å². The van der Waals surface area contributed by atoms with Crippen LogP contribution in [0.15, 0.2) is 36.8 Å². The fraction of sp³-hybridized carbons (Fsp3) is 0.483. The minimum atomic E-state index is -0.194. The van der Waals surface area contributed by atoms with Gasteiger partial charge < -0.3 is 19.8 Å². The zero-order chi connectivity index (χ0) is 26.4. The van der Waals surface area contributed by atoms with Gasteiger partial charge >= 0.3 is 0 Å². The molecule has 1 aromatic carbocycles. The molecule has 200 valence electrons. The molecule has 3 aromatic heterocycles. The lowest BCUT2D eigenvalue weighted by Crippen LogP contribution is -2.61. The van der Waals surface area contributed by atoms with Gasteiger partial charge in [0, 0.05) is 22.7 Å². The average molecular weight is 517 g/mol. The number of aromatic nitrogens is 4. The molecule has 0 unspecified atom stereocenters. The van der Waals surface area contributed by atoms with Gasteiger partial charge in [0.05, 0.1) is 38.1 Å². The molecule has 2 N–H and O–H groups in total. The number of hydrogen-bond acceptors (Lipinski definition) is 6. The summed E-state index contributed by atoms with van der Waals surface area (Å²) in [5.41, 5.74) is 6.43. The number of rotatable bonds is 7. The number of carbonyl (C=O) groups excluding carboxylic acids is 1. The number of amides is 1. The number of ether oxygens (including phenoxy) is 2. The van der Waals surface area contributed by atoms with Crippen molar-refractivity contribution in [3.8, 4) is 17.0 Å². The summed E-state index contributed by atoms with van der Waals surface area (Å²) in [6.45, 7) is 10.0. The quantitative estimate of drug-likeness (QED) is 0.384. The second-order valence-corrected chi connectivity index (χ2v) is 11.4. The van der Waals surface area contributed by atoms with Crippen LogP contribution in [0.3, 0.4) is 0 Å². The highest BCUT2D eigenvalue weighted by molar-refractivity contribution is 5.92. The molecule has 0 aliphatic carbocycles. The van der Waals surface area contributed by atoms with E-state index in [9.17, 15) is 4.79 Å². The van der Waals surface area contributed by atoms with E-state index in [1.165, 1.54) is 16.5 Å². The normalized spacial score (nSPS) is 18.2. The summed E-state index contributed by atoms with van der Waals surface area (Å²) >= 11 is 0. The summed E-state index contributed by atoms with van der Waals surface area (Å²) in [4.78, 5) is 22.8. The minimum absolute atomic E-state index is 0.0952. The molecule has 2 saturated heterocycles. The molecule has 0 radical (unpaired) electrons. The van der Waals surface area contributed by atoms with Crippen LogP contribution in [-0.2, 0) is 9.53 Å². The van der Waals surface area contributed by atoms with Gasteiger partial charge in [0.25, 0.3) is 0 Å². The van der Waals surface area contributed by atoms with E-state index >= 15 is 0 Å². The van der Waals surface area contributed by atoms with Gasteiger partial charge in [0.2, 0.25) is 5.91 Å². The van der Waals surface area contributed by atoms with Crippen LogP contribution in [0.4, 0.5) is 0 Å². The van der Waals surface area contributed by atoms with Crippen molar-refractivity contribution in [1.82, 2.24) is 29.8 Å². The second-order valence-electron chi connectivity index (χ2n) is 11.4. The zero-order valence-corrected chi connectivity index (χ0v) is 22.6. The first-order chi connectivity index (χ1) is 18.3. The van der Waals surface area contributed by atoms with Crippen molar-refractivity contribution in [2.75, 3.05) is 40.0 Å². The number of methoxy groups -OCH3 is 1. The number of hydrogen-bond donors (Lipinski definition) is 2. The number of nitrogens with one attached hydrogen (secondary N) is 2. The van der Waals surface area contributed by atoms with Crippen LogP contribution in [0.25, 0.3) is 27.8 Å². The standard InChI is InChI=1S/C29H36N6O3/c1-18(2)26-22-11-20(19-7-9-34(10-8-19)14-25(36)33-29(3)15-38-16-29)5-6-23(22)32-27(26)21-12-24(37-4)28-30-17-31-35(28)13-21/h5-6,11-13,17-19,32H,7-10,14-16H2,1-4H3,(H,33,36). The molecule has 5 heterocycles. The molecule has 0 spiro atoms. The number of pyridine rings is 1. The first-order valence-electron chi connectivity index (χ1n) is 13.5. The van der Waals surface area contributed by atoms with E-state index in [0.717, 1.165) is 42.7 Å². The van der Waals surface area contributed by atoms with Crippen LogP contribution in [0.2, 0.25) is 0 Å². The molecule has 4 aromatic rings. The smallest absolute Gasteiger partial charge is 0.234 e. The second kappa shape index (κ2) is 9.71. The molecular weight excluding hydrogens is 480 g/mol. The van der Waals surface area contributed by atoms with Crippen LogP contribution in [0.1, 0.15) is 56.6 Å². The SMILES string of the molecule is COc1cc(-c2[nH]c3ccc(C4CCN(CC(=O)NC5(C)COC5)CC4)cc3c2C(C)C)cn2ncnc12. The van der Waals surface area contributed by atoms with Crippen LogP contribution >= 0.6 is 0 Å². The van der Waals surface area contributed by atoms with Gasteiger partial charge in [-0.25, -0.2) is 9.50 Å². The lowest BCUT2D eigenvalue weighted by molar-refractivity contribution is -0.132. The number of H-pyrrole nitrogens is 1. The van der Waals surface area contributed by atoms with E-state index < -0.39 is 0 Å². The molecule has 6 rings (SSSR count). The molecule has 0 atom stereocenters. The van der Waals surface area contributed by atoms with Gasteiger partial charge in [-0.15, -0.1) is 0 Å². The van der Waals surface area contributed by atoms with E-state index in [1.807, 2.05) is 19.2 Å². The molecule has 9 heteroatoms. The monoisotopic (exact) mass is 516 g/mol. The highest BCUT2D eigenvalue weighted by atomic mass is 16.5. The number of piperidine rings is 1. The van der Waals surface area contributed by atoms with Crippen molar-refractivity contribution in [2.24, 2.45) is 0 Å². The van der Waals surface area contributed by atoms with Crippen molar-refractivity contribution >= 4 is 22.5 Å². The van der Waals surface area contributed by atoms with Crippen LogP contribution in [0.5, 0.6) is 5.75 Å². The fourth-order valence-electron chi connectivity index (χ4n) is 5.98. The van der Waals surface area contributed by atoms with E-state index in [0.29, 0.717) is 43.0 Å². The van der Waals surface area contributed by atoms with Gasteiger partial charge in [-0.2, -0.15) is 5.10 Å². The maximum Gasteiger partial charge on any atom is 0.234 e. The van der Waals surface area contributed by atoms with Crippen molar-refractivity contribution in [3.63, 3.8) is 0 Å². The summed E-state index contributed by atoms with van der Waals surface area (Å²) in [5, 5.41) is 8.73. The van der Waals surface area contributed by atoms with Crippen LogP contribution < -0.4 is 10.1 Å². The lowest BCUT2D eigenvalue weighted by Gasteiger charge is -2.39. The maximum absolute atomic E-state index is 12.5. The largest absolute Gasteiger partial charge is 0.493 e. The molecule has 2 fully saturated rings. The van der Waals surface area contributed by atoms with Gasteiger partial charge in [0.1, 0.15) is 6.33 Å². The Balaban J connectivity index is 1.23. The van der Waals surface area contributed by atoms with Gasteiger partial charge in [-0.3, -0.25) is 9.69 Å². The molecule has 38 heavy (non-hydrogen) atoms. The van der Waals surface area contributed by atoms with Gasteiger partial charge in [0.15, 0.2) is 11.4 Å². The molecule has 9 nitrogen and oxygen atoms in total. The highest BCUT2D eigenvalue weighted by Gasteiger charge is 2.35. The topological polar surface area (TPSA) is 96.8 Å². The summed E-state index contributed by atoms with van der Waals surface area (Å²) in [6.07, 6.45) is 5.65. The maximum atomic E-state index is 12.5. The molecule has 0 saturated carbocycles. The molecule has 0 bridgehead atoms. The first-order valence-corrected chi connectivity index (χ1v) is 13.5. The van der Waals surface area contributed by atoms with Crippen molar-refractivity contribution in [2.45, 2.75) is 51.0 Å². The van der Waals surface area contributed by atoms with Crippen molar-refractivity contribution in [1.29, 1.82) is 0 Å². The number of fused-ring (bicyclic) bond motifs is 2. The number of nitrogens with zero attached hydrogens (tertiary/aromatic N) is 4. The van der Waals surface area contributed by atoms with Gasteiger partial charge in [-0.1, -0.05) is 19.9 Å². The Hall–Kier alpha value is -3.43. The number of likely N-dealkylation sites (tertiary alicyclic amines) is 1. The van der Waals surface area contributed by atoms with Gasteiger partial charge in [-0.05, 0) is 74.0 Å². The average Bonchev–Trinajstić information content (AvgIpc) is 3.52. The molecular formula is C29H36N6O3. The number of aromatic amines is 1. The molecule has 2 aliphatic heterocycles. The summed E-state index contributed by atoms with van der Waals surface area (Å²) < 4.78 is 12.6. The van der Waals surface area contributed by atoms with E-state index in [-0.39, 0.29) is 11.4 Å². The minimum Gasteiger partial charge on any atom is -0.493 e. The third-order valence-electron chi connectivity index (χ3n) is 8.00. The summed E-state index contributed by atoms with van der Waals surface area (Å²) in [6, 6.07) is 8.89. The Labute approximate surface area is 222 Å². The van der Waals surface area contributed by atoms with E-state index in [2.05, 4.69) is 57.3 Å². The summed E-state index contributed by atoms with van der Waals surface area (Å²) in [5.74, 6) is 1.61. The molecule has 2 aliphatic rings. The van der Waals surface area contributed by atoms with Crippen LogP contribution in [-0.4, -0.2) is 75.9 Å².